The van der Waals surface area contributed by atoms with Crippen LogP contribution in [-0.4, -0.2) is 39.8 Å². The van der Waals surface area contributed by atoms with Crippen LogP contribution in [0.1, 0.15) is 52.4 Å². The monoisotopic (exact) mass is 370 g/mol. The first-order chi connectivity index (χ1) is 12.9. The van der Waals surface area contributed by atoms with Crippen molar-refractivity contribution in [2.75, 3.05) is 13.1 Å². The second-order valence-electron chi connectivity index (χ2n) is 8.10. The molecule has 27 heavy (non-hydrogen) atoms. The molecule has 0 radical (unpaired) electrons. The molecule has 0 unspecified atom stereocenters. The number of hydrogen-bond donors (Lipinski definition) is 2. The summed E-state index contributed by atoms with van der Waals surface area (Å²) < 4.78 is 0. The van der Waals surface area contributed by atoms with Crippen molar-refractivity contribution in [1.82, 2.24) is 20.2 Å². The Kier molecular flexibility index (Phi) is 5.82. The van der Waals surface area contributed by atoms with Gasteiger partial charge in [0, 0.05) is 19.5 Å². The van der Waals surface area contributed by atoms with Crippen LogP contribution in [0.3, 0.4) is 0 Å². The molecule has 1 fully saturated rings. The van der Waals surface area contributed by atoms with E-state index in [1.165, 1.54) is 0 Å². The zero-order valence-electron chi connectivity index (χ0n) is 16.7. The molecule has 2 N–H and O–H groups in total. The molecule has 1 aromatic carbocycles. The smallest absolute Gasteiger partial charge is 0.226 e. The highest BCUT2D eigenvalue weighted by Gasteiger charge is 2.36. The fourth-order valence-corrected chi connectivity index (χ4v) is 3.67. The number of H-pyrrole nitrogens is 1. The minimum absolute atomic E-state index is 0.0552. The van der Waals surface area contributed by atoms with Gasteiger partial charge in [-0.15, -0.1) is 0 Å². The number of rotatable bonds is 7. The van der Waals surface area contributed by atoms with Crippen molar-refractivity contribution in [3.05, 3.63) is 30.1 Å². The quantitative estimate of drug-likeness (QED) is 0.785. The Morgan fingerprint density at radius 2 is 2.07 bits per heavy atom. The number of fused-ring (bicyclic) bond motifs is 1. The van der Waals surface area contributed by atoms with Crippen LogP contribution in [0.4, 0.5) is 0 Å². The van der Waals surface area contributed by atoms with Gasteiger partial charge in [-0.2, -0.15) is 0 Å². The Labute approximate surface area is 160 Å². The second-order valence-corrected chi connectivity index (χ2v) is 8.10. The lowest BCUT2D eigenvalue weighted by molar-refractivity contribution is -0.129. The number of carbonyl (C=O) groups is 2. The molecular weight excluding hydrogens is 340 g/mol. The minimum Gasteiger partial charge on any atom is -0.346 e. The molecule has 1 saturated heterocycles. The van der Waals surface area contributed by atoms with Crippen LogP contribution in [0.2, 0.25) is 0 Å². The molecule has 0 aliphatic carbocycles. The summed E-state index contributed by atoms with van der Waals surface area (Å²) in [6.07, 6.45) is 1.22. The molecule has 3 rings (SSSR count). The Hall–Kier alpha value is -2.37. The summed E-state index contributed by atoms with van der Waals surface area (Å²) in [7, 11) is 0. The van der Waals surface area contributed by atoms with Crippen molar-refractivity contribution in [3.63, 3.8) is 0 Å². The number of hydrogen-bond acceptors (Lipinski definition) is 3. The molecule has 1 aliphatic heterocycles. The molecule has 1 aliphatic rings. The third-order valence-electron chi connectivity index (χ3n) is 5.38. The minimum atomic E-state index is -0.285. The Morgan fingerprint density at radius 1 is 1.33 bits per heavy atom. The first-order valence-corrected chi connectivity index (χ1v) is 9.91. The molecule has 6 heteroatoms. The molecule has 0 bridgehead atoms. The molecule has 146 valence electrons. The number of amides is 2. The van der Waals surface area contributed by atoms with E-state index in [1.807, 2.05) is 29.2 Å². The Balaban J connectivity index is 1.75. The maximum atomic E-state index is 12.9. The zero-order valence-corrected chi connectivity index (χ0v) is 16.7. The number of carbonyl (C=O) groups excluding carboxylic acids is 2. The standard InChI is InChI=1S/C21H30N4O2/c1-5-14(4)19(20-22-16-8-6-7-9-17(16)23-20)24-21(27)15-10-18(26)25(12-15)11-13(2)3/h6-9,13-15,19H,5,10-12H2,1-4H3,(H,22,23)(H,24,27)/t14-,15-,19-/m0/s1. The summed E-state index contributed by atoms with van der Waals surface area (Å²) >= 11 is 0. The van der Waals surface area contributed by atoms with E-state index >= 15 is 0 Å². The molecule has 0 saturated carbocycles. The average Bonchev–Trinajstić information content (AvgIpc) is 3.22. The number of aromatic amines is 1. The molecule has 6 nitrogen and oxygen atoms in total. The highest BCUT2D eigenvalue weighted by atomic mass is 16.2. The van der Waals surface area contributed by atoms with E-state index in [0.717, 1.165) is 23.3 Å². The number of aromatic nitrogens is 2. The number of imidazole rings is 1. The van der Waals surface area contributed by atoms with Crippen LogP contribution in [0.15, 0.2) is 24.3 Å². The van der Waals surface area contributed by atoms with Gasteiger partial charge < -0.3 is 15.2 Å². The number of likely N-dealkylation sites (tertiary alicyclic amines) is 1. The van der Waals surface area contributed by atoms with Crippen LogP contribution in [0.25, 0.3) is 11.0 Å². The van der Waals surface area contributed by atoms with Gasteiger partial charge >= 0.3 is 0 Å². The van der Waals surface area contributed by atoms with Gasteiger partial charge in [0.15, 0.2) is 0 Å². The first kappa shape index (κ1) is 19.4. The average molecular weight is 370 g/mol. The molecule has 3 atom stereocenters. The van der Waals surface area contributed by atoms with Gasteiger partial charge in [-0.3, -0.25) is 9.59 Å². The van der Waals surface area contributed by atoms with E-state index in [9.17, 15) is 9.59 Å². The van der Waals surface area contributed by atoms with Crippen molar-refractivity contribution in [1.29, 1.82) is 0 Å². The maximum absolute atomic E-state index is 12.9. The van der Waals surface area contributed by atoms with E-state index in [2.05, 4.69) is 43.0 Å². The number of benzene rings is 1. The van der Waals surface area contributed by atoms with Gasteiger partial charge in [0.1, 0.15) is 5.82 Å². The normalized spacial score (nSPS) is 19.7. The zero-order chi connectivity index (χ0) is 19.6. The molecule has 2 amide bonds. The number of para-hydroxylation sites is 2. The van der Waals surface area contributed by atoms with Crippen LogP contribution >= 0.6 is 0 Å². The van der Waals surface area contributed by atoms with Crippen LogP contribution < -0.4 is 5.32 Å². The number of nitrogens with one attached hydrogen (secondary N) is 2. The van der Waals surface area contributed by atoms with Gasteiger partial charge in [0.2, 0.25) is 11.8 Å². The van der Waals surface area contributed by atoms with Gasteiger partial charge in [-0.1, -0.05) is 46.2 Å². The fourth-order valence-electron chi connectivity index (χ4n) is 3.67. The van der Waals surface area contributed by atoms with Crippen molar-refractivity contribution in [2.24, 2.45) is 17.8 Å². The lowest BCUT2D eigenvalue weighted by Gasteiger charge is -2.24. The molecule has 1 aromatic heterocycles. The van der Waals surface area contributed by atoms with Gasteiger partial charge in [0.05, 0.1) is 23.0 Å². The molecular formula is C21H30N4O2. The van der Waals surface area contributed by atoms with Crippen LogP contribution in [0.5, 0.6) is 0 Å². The lowest BCUT2D eigenvalue weighted by atomic mass is 9.97. The molecule has 2 heterocycles. The highest BCUT2D eigenvalue weighted by Crippen LogP contribution is 2.26. The summed E-state index contributed by atoms with van der Waals surface area (Å²) in [5, 5.41) is 3.17. The second kappa shape index (κ2) is 8.11. The van der Waals surface area contributed by atoms with Gasteiger partial charge in [0.25, 0.3) is 0 Å². The van der Waals surface area contributed by atoms with Crippen molar-refractivity contribution >= 4 is 22.8 Å². The maximum Gasteiger partial charge on any atom is 0.226 e. The van der Waals surface area contributed by atoms with E-state index in [4.69, 9.17) is 0 Å². The summed E-state index contributed by atoms with van der Waals surface area (Å²) in [5.74, 6) is 1.15. The van der Waals surface area contributed by atoms with E-state index < -0.39 is 0 Å². The van der Waals surface area contributed by atoms with E-state index in [1.54, 1.807) is 0 Å². The van der Waals surface area contributed by atoms with Crippen LogP contribution in [-0.2, 0) is 9.59 Å². The predicted octanol–water partition coefficient (Wildman–Crippen LogP) is 3.27. The lowest BCUT2D eigenvalue weighted by Crippen LogP contribution is -2.38. The summed E-state index contributed by atoms with van der Waals surface area (Å²) in [6, 6.07) is 7.68. The van der Waals surface area contributed by atoms with E-state index in [0.29, 0.717) is 25.4 Å². The van der Waals surface area contributed by atoms with Gasteiger partial charge in [-0.05, 0) is 24.0 Å². The third-order valence-corrected chi connectivity index (χ3v) is 5.38. The summed E-state index contributed by atoms with van der Waals surface area (Å²) in [5.41, 5.74) is 1.86. The number of nitrogens with zero attached hydrogens (tertiary/aromatic N) is 2. The Bertz CT molecular complexity index is 780. The molecule has 0 spiro atoms. The van der Waals surface area contributed by atoms with E-state index in [-0.39, 0.29) is 29.7 Å². The Morgan fingerprint density at radius 3 is 2.74 bits per heavy atom. The highest BCUT2D eigenvalue weighted by molar-refractivity contribution is 5.89. The summed E-state index contributed by atoms with van der Waals surface area (Å²) in [4.78, 5) is 35.0. The van der Waals surface area contributed by atoms with Gasteiger partial charge in [-0.25, -0.2) is 4.98 Å². The van der Waals surface area contributed by atoms with Crippen molar-refractivity contribution < 1.29 is 9.59 Å². The fraction of sp³-hybridized carbons (Fsp3) is 0.571. The summed E-state index contributed by atoms with van der Waals surface area (Å²) in [6.45, 7) is 9.61. The van der Waals surface area contributed by atoms with Crippen molar-refractivity contribution in [3.8, 4) is 0 Å². The largest absolute Gasteiger partial charge is 0.346 e. The first-order valence-electron chi connectivity index (χ1n) is 9.91. The molecule has 2 aromatic rings. The SMILES string of the molecule is CC[C@H](C)[C@H](NC(=O)[C@H]1CC(=O)N(CC(C)C)C1)c1nc2ccccc2[nH]1. The van der Waals surface area contributed by atoms with Crippen LogP contribution in [0, 0.1) is 17.8 Å². The van der Waals surface area contributed by atoms with Crippen molar-refractivity contribution in [2.45, 2.75) is 46.6 Å². The third kappa shape index (κ3) is 4.31. The topological polar surface area (TPSA) is 78.1 Å². The predicted molar refractivity (Wildman–Crippen MR) is 106 cm³/mol.